The summed E-state index contributed by atoms with van der Waals surface area (Å²) in [7, 11) is -4.07. The Morgan fingerprint density at radius 2 is 1.86 bits per heavy atom. The first-order valence-corrected chi connectivity index (χ1v) is 11.3. The average molecular weight is 432 g/mol. The van der Waals surface area contributed by atoms with Crippen molar-refractivity contribution in [1.82, 2.24) is 10.3 Å². The second-order valence-corrected chi connectivity index (χ2v) is 8.39. The fourth-order valence-electron chi connectivity index (χ4n) is 2.73. The highest BCUT2D eigenvalue weighted by Crippen LogP contribution is 2.24. The van der Waals surface area contributed by atoms with Gasteiger partial charge in [-0.2, -0.15) is 13.6 Å². The number of nitrogens with one attached hydrogen (secondary N) is 1. The average Bonchev–Trinajstić information content (AvgIpc) is 3.18. The van der Waals surface area contributed by atoms with Gasteiger partial charge >= 0.3 is 10.3 Å². The van der Waals surface area contributed by atoms with Crippen LogP contribution in [0, 0.1) is 0 Å². The SMILES string of the molecule is CCc1csc(C(Cc2ccc(OS(N)(=O)=O)cc2)NC(=O)c2ccccc2)n1. The maximum absolute atomic E-state index is 12.7. The number of nitrogens with two attached hydrogens (primary N) is 1. The van der Waals surface area contributed by atoms with Crippen molar-refractivity contribution in [2.24, 2.45) is 5.14 Å². The van der Waals surface area contributed by atoms with Crippen LogP contribution < -0.4 is 14.6 Å². The van der Waals surface area contributed by atoms with E-state index >= 15 is 0 Å². The number of hydrogen-bond donors (Lipinski definition) is 2. The van der Waals surface area contributed by atoms with Gasteiger partial charge in [0.25, 0.3) is 5.91 Å². The second-order valence-electron chi connectivity index (χ2n) is 6.35. The predicted molar refractivity (Wildman–Crippen MR) is 112 cm³/mol. The summed E-state index contributed by atoms with van der Waals surface area (Å²) in [5, 5.41) is 10.7. The summed E-state index contributed by atoms with van der Waals surface area (Å²) in [4.78, 5) is 17.3. The number of carbonyl (C=O) groups excluding carboxylic acids is 1. The molecule has 0 bridgehead atoms. The Bertz CT molecular complexity index is 1060. The Morgan fingerprint density at radius 3 is 2.45 bits per heavy atom. The first kappa shape index (κ1) is 21.0. The summed E-state index contributed by atoms with van der Waals surface area (Å²) in [6.45, 7) is 2.03. The van der Waals surface area contributed by atoms with Crippen LogP contribution in [0.1, 0.15) is 39.6 Å². The largest absolute Gasteiger partial charge is 0.380 e. The third-order valence-electron chi connectivity index (χ3n) is 4.15. The van der Waals surface area contributed by atoms with Crippen molar-refractivity contribution in [3.05, 3.63) is 81.8 Å². The van der Waals surface area contributed by atoms with Crippen molar-refractivity contribution in [2.45, 2.75) is 25.8 Å². The molecule has 3 rings (SSSR count). The summed E-state index contributed by atoms with van der Waals surface area (Å²) in [5.41, 5.74) is 2.43. The molecule has 1 atom stereocenters. The van der Waals surface area contributed by atoms with Gasteiger partial charge in [-0.05, 0) is 42.7 Å². The standard InChI is InChI=1S/C20H21N3O4S2/c1-2-16-13-28-20(22-16)18(23-19(24)15-6-4-3-5-7-15)12-14-8-10-17(11-9-14)27-29(21,25)26/h3-11,13,18H,2,12H2,1H3,(H,23,24)(H2,21,25,26). The Balaban J connectivity index is 1.80. The molecule has 9 heteroatoms. The maximum Gasteiger partial charge on any atom is 0.380 e. The van der Waals surface area contributed by atoms with Gasteiger partial charge < -0.3 is 9.50 Å². The van der Waals surface area contributed by atoms with Crippen LogP contribution in [0.5, 0.6) is 5.75 Å². The zero-order valence-corrected chi connectivity index (χ0v) is 17.4. The van der Waals surface area contributed by atoms with E-state index in [-0.39, 0.29) is 17.7 Å². The summed E-state index contributed by atoms with van der Waals surface area (Å²) in [5.74, 6) is -0.0540. The van der Waals surface area contributed by atoms with Gasteiger partial charge in [0.05, 0.1) is 11.7 Å². The number of thiazole rings is 1. The molecule has 1 heterocycles. The molecule has 152 valence electrons. The number of rotatable bonds is 8. The molecule has 0 aliphatic carbocycles. The lowest BCUT2D eigenvalue weighted by Gasteiger charge is -2.17. The highest BCUT2D eigenvalue weighted by Gasteiger charge is 2.20. The molecule has 3 aromatic rings. The van der Waals surface area contributed by atoms with Gasteiger partial charge in [0, 0.05) is 10.9 Å². The Morgan fingerprint density at radius 1 is 1.17 bits per heavy atom. The third-order valence-corrected chi connectivity index (χ3v) is 5.58. The van der Waals surface area contributed by atoms with Crippen molar-refractivity contribution in [1.29, 1.82) is 0 Å². The van der Waals surface area contributed by atoms with E-state index in [9.17, 15) is 13.2 Å². The van der Waals surface area contributed by atoms with Crippen LogP contribution in [-0.4, -0.2) is 19.3 Å². The second kappa shape index (κ2) is 9.17. The Kier molecular flexibility index (Phi) is 6.63. The zero-order valence-electron chi connectivity index (χ0n) is 15.7. The molecule has 29 heavy (non-hydrogen) atoms. The topological polar surface area (TPSA) is 111 Å². The molecule has 0 aliphatic heterocycles. The van der Waals surface area contributed by atoms with Crippen molar-refractivity contribution < 1.29 is 17.4 Å². The molecule has 0 fully saturated rings. The first-order valence-electron chi connectivity index (χ1n) is 8.95. The summed E-state index contributed by atoms with van der Waals surface area (Å²) < 4.78 is 26.7. The van der Waals surface area contributed by atoms with E-state index in [0.717, 1.165) is 22.7 Å². The van der Waals surface area contributed by atoms with Crippen LogP contribution in [0.25, 0.3) is 0 Å². The normalized spacial score (nSPS) is 12.3. The van der Waals surface area contributed by atoms with Crippen molar-refractivity contribution >= 4 is 27.5 Å². The van der Waals surface area contributed by atoms with E-state index in [1.54, 1.807) is 24.3 Å². The molecular weight excluding hydrogens is 410 g/mol. The molecule has 3 N–H and O–H groups in total. The molecule has 1 amide bonds. The number of hydrogen-bond acceptors (Lipinski definition) is 6. The molecule has 0 saturated heterocycles. The zero-order chi connectivity index (χ0) is 20.9. The first-order chi connectivity index (χ1) is 13.8. The lowest BCUT2D eigenvalue weighted by Crippen LogP contribution is -2.30. The van der Waals surface area contributed by atoms with Crippen molar-refractivity contribution in [3.8, 4) is 5.75 Å². The fourth-order valence-corrected chi connectivity index (χ4v) is 4.06. The van der Waals surface area contributed by atoms with E-state index in [4.69, 9.17) is 5.14 Å². The van der Waals surface area contributed by atoms with Crippen molar-refractivity contribution in [3.63, 3.8) is 0 Å². The summed E-state index contributed by atoms with van der Waals surface area (Å²) in [6, 6.07) is 15.2. The van der Waals surface area contributed by atoms with Gasteiger partial charge in [0.1, 0.15) is 10.8 Å². The van der Waals surface area contributed by atoms with Gasteiger partial charge in [-0.15, -0.1) is 11.3 Å². The number of amides is 1. The van der Waals surface area contributed by atoms with Crippen molar-refractivity contribution in [2.75, 3.05) is 0 Å². The lowest BCUT2D eigenvalue weighted by atomic mass is 10.1. The van der Waals surface area contributed by atoms with E-state index in [1.807, 2.05) is 30.5 Å². The molecule has 1 unspecified atom stereocenters. The number of aryl methyl sites for hydroxylation is 1. The third kappa shape index (κ3) is 6.11. The molecular formula is C20H21N3O4S2. The minimum Gasteiger partial charge on any atom is -0.371 e. The minimum absolute atomic E-state index is 0.128. The highest BCUT2D eigenvalue weighted by molar-refractivity contribution is 7.84. The quantitative estimate of drug-likeness (QED) is 0.569. The summed E-state index contributed by atoms with van der Waals surface area (Å²) >= 11 is 1.50. The molecule has 7 nitrogen and oxygen atoms in total. The highest BCUT2D eigenvalue weighted by atomic mass is 32.2. The molecule has 2 aromatic carbocycles. The lowest BCUT2D eigenvalue weighted by molar-refractivity contribution is 0.0936. The Hall–Kier alpha value is -2.75. The van der Waals surface area contributed by atoms with Gasteiger partial charge in [-0.25, -0.2) is 4.98 Å². The molecule has 0 spiro atoms. The van der Waals surface area contributed by atoms with Crippen LogP contribution in [0.3, 0.4) is 0 Å². The summed E-state index contributed by atoms with van der Waals surface area (Å²) in [6.07, 6.45) is 1.31. The fraction of sp³-hybridized carbons (Fsp3) is 0.200. The van der Waals surface area contributed by atoms with E-state index in [1.165, 1.54) is 23.5 Å². The number of carbonyl (C=O) groups is 1. The maximum atomic E-state index is 12.7. The van der Waals surface area contributed by atoms with Crippen LogP contribution in [0.4, 0.5) is 0 Å². The molecule has 0 radical (unpaired) electrons. The van der Waals surface area contributed by atoms with E-state index in [2.05, 4.69) is 14.5 Å². The van der Waals surface area contributed by atoms with Gasteiger partial charge in [-0.1, -0.05) is 37.3 Å². The van der Waals surface area contributed by atoms with E-state index < -0.39 is 10.3 Å². The number of aromatic nitrogens is 1. The van der Waals surface area contributed by atoms with Crippen LogP contribution in [0.15, 0.2) is 60.0 Å². The molecule has 1 aromatic heterocycles. The van der Waals surface area contributed by atoms with E-state index in [0.29, 0.717) is 12.0 Å². The smallest absolute Gasteiger partial charge is 0.371 e. The molecule has 0 saturated carbocycles. The number of nitrogens with zero attached hydrogens (tertiary/aromatic N) is 1. The predicted octanol–water partition coefficient (Wildman–Crippen LogP) is 3.00. The van der Waals surface area contributed by atoms with Gasteiger partial charge in [-0.3, -0.25) is 4.79 Å². The van der Waals surface area contributed by atoms with Gasteiger partial charge in [0.2, 0.25) is 0 Å². The Labute approximate surface area is 173 Å². The molecule has 0 aliphatic rings. The van der Waals surface area contributed by atoms with Gasteiger partial charge in [0.15, 0.2) is 0 Å². The minimum atomic E-state index is -4.07. The van der Waals surface area contributed by atoms with Crippen LogP contribution >= 0.6 is 11.3 Å². The number of benzene rings is 2. The monoisotopic (exact) mass is 431 g/mol. The van der Waals surface area contributed by atoms with Crippen LogP contribution in [0.2, 0.25) is 0 Å². The van der Waals surface area contributed by atoms with Crippen LogP contribution in [-0.2, 0) is 23.1 Å².